The standard InChI is InChI=1S/C20H17N5O3/c1-11(2)25-14-7-5-4-6-13(14)24-10-21-16(17(24)20(25)26)18-22-19(28-23-18)15-9-8-12(3)27-15/h4-11H,1-3H3. The van der Waals surface area contributed by atoms with Crippen LogP contribution in [-0.4, -0.2) is 24.1 Å². The van der Waals surface area contributed by atoms with Crippen molar-refractivity contribution in [3.63, 3.8) is 0 Å². The van der Waals surface area contributed by atoms with Gasteiger partial charge in [0.15, 0.2) is 5.76 Å². The van der Waals surface area contributed by atoms with Crippen LogP contribution < -0.4 is 5.56 Å². The van der Waals surface area contributed by atoms with E-state index in [1.165, 1.54) is 0 Å². The van der Waals surface area contributed by atoms with Gasteiger partial charge in [0.05, 0.1) is 11.0 Å². The maximum absolute atomic E-state index is 13.3. The number of aryl methyl sites for hydroxylation is 1. The molecule has 0 spiro atoms. The fourth-order valence-electron chi connectivity index (χ4n) is 3.48. The summed E-state index contributed by atoms with van der Waals surface area (Å²) in [5.74, 6) is 1.71. The predicted molar refractivity (Wildman–Crippen MR) is 103 cm³/mol. The lowest BCUT2D eigenvalue weighted by Gasteiger charge is -2.15. The second-order valence-corrected chi connectivity index (χ2v) is 6.90. The minimum Gasteiger partial charge on any atom is -0.456 e. The van der Waals surface area contributed by atoms with Crippen molar-refractivity contribution in [2.24, 2.45) is 0 Å². The highest BCUT2D eigenvalue weighted by molar-refractivity contribution is 5.83. The molecule has 0 aliphatic carbocycles. The lowest BCUT2D eigenvalue weighted by atomic mass is 10.2. The van der Waals surface area contributed by atoms with E-state index in [9.17, 15) is 4.79 Å². The van der Waals surface area contributed by atoms with Gasteiger partial charge in [0.25, 0.3) is 11.4 Å². The van der Waals surface area contributed by atoms with Crippen molar-refractivity contribution in [1.82, 2.24) is 24.1 Å². The summed E-state index contributed by atoms with van der Waals surface area (Å²) in [6.07, 6.45) is 1.62. The van der Waals surface area contributed by atoms with Crippen molar-refractivity contribution in [3.8, 4) is 23.2 Å². The van der Waals surface area contributed by atoms with Gasteiger partial charge < -0.3 is 13.5 Å². The highest BCUT2D eigenvalue weighted by atomic mass is 16.5. The zero-order chi connectivity index (χ0) is 19.4. The summed E-state index contributed by atoms with van der Waals surface area (Å²) in [6.45, 7) is 5.79. The molecule has 0 saturated carbocycles. The van der Waals surface area contributed by atoms with E-state index in [1.54, 1.807) is 21.4 Å². The average molecular weight is 375 g/mol. The number of hydrogen-bond donors (Lipinski definition) is 0. The molecule has 0 saturated heterocycles. The Labute approximate surface area is 159 Å². The molecule has 0 radical (unpaired) electrons. The number of fused-ring (bicyclic) bond motifs is 3. The van der Waals surface area contributed by atoms with Crippen molar-refractivity contribution in [3.05, 3.63) is 58.8 Å². The molecule has 4 aromatic heterocycles. The van der Waals surface area contributed by atoms with Crippen LogP contribution in [0.3, 0.4) is 0 Å². The summed E-state index contributed by atoms with van der Waals surface area (Å²) in [7, 11) is 0. The Kier molecular flexibility index (Phi) is 3.48. The smallest absolute Gasteiger partial charge is 0.293 e. The van der Waals surface area contributed by atoms with Gasteiger partial charge in [-0.15, -0.1) is 0 Å². The summed E-state index contributed by atoms with van der Waals surface area (Å²) in [6, 6.07) is 11.3. The SMILES string of the molecule is Cc1ccc(-c2nc(-c3ncn4c3c(=O)n(C(C)C)c3ccccc34)no2)o1. The molecule has 0 fully saturated rings. The molecule has 5 rings (SSSR count). The van der Waals surface area contributed by atoms with E-state index < -0.39 is 0 Å². The normalized spacial score (nSPS) is 11.9. The topological polar surface area (TPSA) is 91.4 Å². The van der Waals surface area contributed by atoms with Gasteiger partial charge >= 0.3 is 0 Å². The van der Waals surface area contributed by atoms with E-state index in [4.69, 9.17) is 8.94 Å². The van der Waals surface area contributed by atoms with Gasteiger partial charge in [0, 0.05) is 6.04 Å². The van der Waals surface area contributed by atoms with Gasteiger partial charge in [-0.05, 0) is 45.0 Å². The molecule has 0 N–H and O–H groups in total. The zero-order valence-electron chi connectivity index (χ0n) is 15.6. The molecule has 0 aliphatic heterocycles. The maximum Gasteiger partial charge on any atom is 0.293 e. The first-order valence-corrected chi connectivity index (χ1v) is 8.96. The number of hydrogen-bond acceptors (Lipinski definition) is 6. The third kappa shape index (κ3) is 2.31. The van der Waals surface area contributed by atoms with E-state index in [-0.39, 0.29) is 23.3 Å². The Balaban J connectivity index is 1.78. The van der Waals surface area contributed by atoms with Gasteiger partial charge in [-0.2, -0.15) is 4.98 Å². The highest BCUT2D eigenvalue weighted by Crippen LogP contribution is 2.26. The van der Waals surface area contributed by atoms with Crippen LogP contribution in [0.5, 0.6) is 0 Å². The van der Waals surface area contributed by atoms with E-state index >= 15 is 0 Å². The molecule has 4 heterocycles. The van der Waals surface area contributed by atoms with Crippen molar-refractivity contribution in [2.45, 2.75) is 26.8 Å². The Morgan fingerprint density at radius 3 is 2.57 bits per heavy atom. The van der Waals surface area contributed by atoms with Gasteiger partial charge in [-0.25, -0.2) is 4.98 Å². The molecule has 0 aliphatic rings. The molecular formula is C20H17N5O3. The molecule has 140 valence electrons. The molecule has 8 nitrogen and oxygen atoms in total. The Bertz CT molecular complexity index is 1390. The fourth-order valence-corrected chi connectivity index (χ4v) is 3.48. The van der Waals surface area contributed by atoms with Gasteiger partial charge in [0.1, 0.15) is 23.3 Å². The first-order chi connectivity index (χ1) is 13.5. The number of furan rings is 1. The quantitative estimate of drug-likeness (QED) is 0.476. The van der Waals surface area contributed by atoms with Crippen molar-refractivity contribution in [1.29, 1.82) is 0 Å². The Hall–Kier alpha value is -3.68. The number of benzene rings is 1. The predicted octanol–water partition coefficient (Wildman–Crippen LogP) is 3.85. The lowest BCUT2D eigenvalue weighted by molar-refractivity contribution is 0.414. The van der Waals surface area contributed by atoms with Crippen LogP contribution >= 0.6 is 0 Å². The number of aromatic nitrogens is 5. The van der Waals surface area contributed by atoms with Crippen LogP contribution in [0.4, 0.5) is 0 Å². The minimum absolute atomic E-state index is 0.0166. The molecule has 0 unspecified atom stereocenters. The maximum atomic E-state index is 13.3. The minimum atomic E-state index is -0.151. The lowest BCUT2D eigenvalue weighted by Crippen LogP contribution is -2.24. The molecule has 28 heavy (non-hydrogen) atoms. The van der Waals surface area contributed by atoms with Crippen LogP contribution in [0.15, 0.2) is 56.5 Å². The Morgan fingerprint density at radius 2 is 1.86 bits per heavy atom. The molecule has 5 aromatic rings. The molecule has 8 heteroatoms. The van der Waals surface area contributed by atoms with Gasteiger partial charge in [-0.1, -0.05) is 17.3 Å². The number of nitrogens with zero attached hydrogens (tertiary/aromatic N) is 5. The molecule has 0 amide bonds. The monoisotopic (exact) mass is 375 g/mol. The average Bonchev–Trinajstić information content (AvgIpc) is 3.40. The van der Waals surface area contributed by atoms with E-state index in [2.05, 4.69) is 15.1 Å². The van der Waals surface area contributed by atoms with Crippen molar-refractivity contribution in [2.75, 3.05) is 0 Å². The molecule has 0 bridgehead atoms. The van der Waals surface area contributed by atoms with Crippen molar-refractivity contribution >= 4 is 16.6 Å². The van der Waals surface area contributed by atoms with Crippen LogP contribution in [0.25, 0.3) is 39.7 Å². The Morgan fingerprint density at radius 1 is 1.07 bits per heavy atom. The zero-order valence-corrected chi connectivity index (χ0v) is 15.6. The number of imidazole rings is 1. The summed E-state index contributed by atoms with van der Waals surface area (Å²) >= 11 is 0. The van der Waals surface area contributed by atoms with E-state index in [0.717, 1.165) is 16.8 Å². The van der Waals surface area contributed by atoms with Gasteiger partial charge in [0.2, 0.25) is 5.82 Å². The van der Waals surface area contributed by atoms with Gasteiger partial charge in [-0.3, -0.25) is 9.20 Å². The summed E-state index contributed by atoms with van der Waals surface area (Å²) in [5.41, 5.74) is 2.37. The number of rotatable bonds is 3. The fraction of sp³-hybridized carbons (Fsp3) is 0.200. The summed E-state index contributed by atoms with van der Waals surface area (Å²) in [4.78, 5) is 22.1. The van der Waals surface area contributed by atoms with Crippen LogP contribution in [0.1, 0.15) is 25.6 Å². The highest BCUT2D eigenvalue weighted by Gasteiger charge is 2.22. The molecule has 1 aromatic carbocycles. The third-order valence-electron chi connectivity index (χ3n) is 4.70. The van der Waals surface area contributed by atoms with Crippen LogP contribution in [-0.2, 0) is 0 Å². The second kappa shape index (κ2) is 5.91. The summed E-state index contributed by atoms with van der Waals surface area (Å²) < 4.78 is 14.4. The van der Waals surface area contributed by atoms with Crippen LogP contribution in [0.2, 0.25) is 0 Å². The first-order valence-electron chi connectivity index (χ1n) is 8.96. The first kappa shape index (κ1) is 16.5. The van der Waals surface area contributed by atoms with Crippen LogP contribution in [0, 0.1) is 6.92 Å². The largest absolute Gasteiger partial charge is 0.456 e. The second-order valence-electron chi connectivity index (χ2n) is 6.90. The molecule has 0 atom stereocenters. The molecular weight excluding hydrogens is 358 g/mol. The summed E-state index contributed by atoms with van der Waals surface area (Å²) in [5, 5.41) is 4.02. The van der Waals surface area contributed by atoms with E-state index in [0.29, 0.717) is 17.0 Å². The third-order valence-corrected chi connectivity index (χ3v) is 4.70. The van der Waals surface area contributed by atoms with Crippen molar-refractivity contribution < 1.29 is 8.94 Å². The number of para-hydroxylation sites is 2. The van der Waals surface area contributed by atoms with E-state index in [1.807, 2.05) is 51.1 Å².